The summed E-state index contributed by atoms with van der Waals surface area (Å²) in [6.45, 7) is 2.59. The van der Waals surface area contributed by atoms with Crippen LogP contribution in [0, 0.1) is 17.5 Å². The molecular formula is C34H34ClF3N4O3S. The number of piperazine rings is 1. The fourth-order valence-electron chi connectivity index (χ4n) is 5.78. The van der Waals surface area contributed by atoms with Crippen LogP contribution in [0.5, 0.6) is 0 Å². The second kappa shape index (κ2) is 14.7. The number of nitrogens with zero attached hydrogens (tertiary/aromatic N) is 1. The number of halogens is 4. The van der Waals surface area contributed by atoms with Crippen molar-refractivity contribution in [1.29, 1.82) is 0 Å². The molecule has 0 aromatic heterocycles. The Hall–Kier alpha value is -3.90. The third-order valence-electron chi connectivity index (χ3n) is 7.92. The fourth-order valence-corrected chi connectivity index (χ4v) is 8.12. The molecule has 4 aromatic carbocycles. The van der Waals surface area contributed by atoms with Gasteiger partial charge < -0.3 is 16.0 Å². The third-order valence-corrected chi connectivity index (χ3v) is 10.5. The van der Waals surface area contributed by atoms with E-state index in [2.05, 4.69) is 16.0 Å². The van der Waals surface area contributed by atoms with Crippen LogP contribution in [-0.2, 0) is 27.7 Å². The molecule has 1 saturated heterocycles. The van der Waals surface area contributed by atoms with Crippen LogP contribution >= 0.6 is 11.6 Å². The van der Waals surface area contributed by atoms with Gasteiger partial charge in [-0.25, -0.2) is 21.6 Å². The first-order chi connectivity index (χ1) is 22.0. The van der Waals surface area contributed by atoms with Gasteiger partial charge in [0.25, 0.3) is 0 Å². The molecule has 12 heteroatoms. The first kappa shape index (κ1) is 33.5. The molecule has 1 fully saturated rings. The van der Waals surface area contributed by atoms with Crippen LogP contribution in [0.2, 0.25) is 5.02 Å². The Balaban J connectivity index is 1.41. The number of carbonyl (C=O) groups is 1. The minimum absolute atomic E-state index is 0.00756. The lowest BCUT2D eigenvalue weighted by Crippen LogP contribution is -2.58. The van der Waals surface area contributed by atoms with Crippen molar-refractivity contribution >= 4 is 38.9 Å². The minimum Gasteiger partial charge on any atom is -0.373 e. The molecule has 4 aromatic rings. The van der Waals surface area contributed by atoms with Crippen LogP contribution in [0.15, 0.2) is 95.9 Å². The molecule has 7 nitrogen and oxygen atoms in total. The van der Waals surface area contributed by atoms with Crippen LogP contribution in [-0.4, -0.2) is 49.8 Å². The normalized spacial score (nSPS) is 17.8. The van der Waals surface area contributed by atoms with Gasteiger partial charge in [-0.3, -0.25) is 4.79 Å². The molecule has 0 aliphatic carbocycles. The summed E-state index contributed by atoms with van der Waals surface area (Å²) in [5, 5.41) is 9.20. The molecule has 1 aliphatic heterocycles. The Bertz CT molecular complexity index is 1810. The Labute approximate surface area is 271 Å². The SMILES string of the molecule is C[C@H]1CNC[C@H](CCc2c(F)cccc2N[C@@H](Cc2cccc(F)c2)C(=O)Nc2cccc(F)c2)N1S(=O)(=O)c1ccccc1Cl. The van der Waals surface area contributed by atoms with Crippen molar-refractivity contribution in [1.82, 2.24) is 9.62 Å². The highest BCUT2D eigenvalue weighted by Crippen LogP contribution is 2.31. The maximum absolute atomic E-state index is 15.5. The topological polar surface area (TPSA) is 90.5 Å². The van der Waals surface area contributed by atoms with Crippen LogP contribution in [0.4, 0.5) is 24.5 Å². The Morgan fingerprint density at radius 3 is 2.41 bits per heavy atom. The van der Waals surface area contributed by atoms with Crippen molar-refractivity contribution in [3.05, 3.63) is 125 Å². The Kier molecular flexibility index (Phi) is 10.7. The molecule has 5 rings (SSSR count). The van der Waals surface area contributed by atoms with E-state index >= 15 is 4.39 Å². The number of carbonyl (C=O) groups excluding carboxylic acids is 1. The number of rotatable bonds is 11. The molecule has 1 aliphatic rings. The number of hydrogen-bond donors (Lipinski definition) is 3. The lowest BCUT2D eigenvalue weighted by atomic mass is 9.99. The van der Waals surface area contributed by atoms with E-state index in [0.717, 1.165) is 0 Å². The number of nitrogens with one attached hydrogen (secondary N) is 3. The summed E-state index contributed by atoms with van der Waals surface area (Å²) in [6, 6.07) is 20.0. The van der Waals surface area contributed by atoms with E-state index in [1.165, 1.54) is 71.0 Å². The number of benzene rings is 4. The summed E-state index contributed by atoms with van der Waals surface area (Å²) >= 11 is 6.29. The van der Waals surface area contributed by atoms with E-state index in [1.807, 2.05) is 0 Å². The second-order valence-corrected chi connectivity index (χ2v) is 13.5. The standard InChI is InChI=1S/C34H34ClF3N4O3S/c1-22-20-39-21-27(42(22)46(44,45)33-14-3-2-11-29(33)35)15-16-28-30(38)12-6-13-31(28)41-32(18-23-7-4-8-24(36)17-23)34(43)40-26-10-5-9-25(37)19-26/h2-14,17,19,22,27,32,39,41H,15-16,18,20-21H2,1H3,(H,40,43)/t22-,27-,32-/m0/s1. The van der Waals surface area contributed by atoms with E-state index in [4.69, 9.17) is 11.6 Å². The maximum atomic E-state index is 15.5. The van der Waals surface area contributed by atoms with Crippen molar-refractivity contribution in [3.63, 3.8) is 0 Å². The lowest BCUT2D eigenvalue weighted by molar-refractivity contribution is -0.116. The van der Waals surface area contributed by atoms with E-state index in [9.17, 15) is 22.0 Å². The molecule has 1 heterocycles. The zero-order valence-corrected chi connectivity index (χ0v) is 26.6. The van der Waals surface area contributed by atoms with E-state index in [1.54, 1.807) is 31.2 Å². The zero-order valence-electron chi connectivity index (χ0n) is 25.0. The predicted octanol–water partition coefficient (Wildman–Crippen LogP) is 6.40. The predicted molar refractivity (Wildman–Crippen MR) is 174 cm³/mol. The third kappa shape index (κ3) is 7.90. The van der Waals surface area contributed by atoms with Gasteiger partial charge in [-0.1, -0.05) is 48.0 Å². The molecule has 46 heavy (non-hydrogen) atoms. The van der Waals surface area contributed by atoms with Gasteiger partial charge in [0.2, 0.25) is 15.9 Å². The van der Waals surface area contributed by atoms with Gasteiger partial charge in [0.05, 0.1) is 5.02 Å². The molecule has 0 radical (unpaired) electrons. The van der Waals surface area contributed by atoms with E-state index in [-0.39, 0.29) is 46.5 Å². The molecule has 0 spiro atoms. The lowest BCUT2D eigenvalue weighted by Gasteiger charge is -2.40. The van der Waals surface area contributed by atoms with E-state index in [0.29, 0.717) is 24.3 Å². The number of anilines is 2. The van der Waals surface area contributed by atoms with Gasteiger partial charge in [0, 0.05) is 48.5 Å². The second-order valence-electron chi connectivity index (χ2n) is 11.3. The number of sulfonamides is 1. The van der Waals surface area contributed by atoms with Gasteiger partial charge in [-0.05, 0) is 79.9 Å². The molecule has 3 atom stereocenters. The van der Waals surface area contributed by atoms with Crippen LogP contribution < -0.4 is 16.0 Å². The Morgan fingerprint density at radius 2 is 1.67 bits per heavy atom. The average Bonchev–Trinajstić information content (AvgIpc) is 3.00. The van der Waals surface area contributed by atoms with Gasteiger partial charge in [-0.2, -0.15) is 4.31 Å². The summed E-state index contributed by atoms with van der Waals surface area (Å²) < 4.78 is 72.4. The van der Waals surface area contributed by atoms with Crippen molar-refractivity contribution in [2.24, 2.45) is 0 Å². The first-order valence-corrected chi connectivity index (χ1v) is 16.7. The zero-order chi connectivity index (χ0) is 32.8. The van der Waals surface area contributed by atoms with Gasteiger partial charge >= 0.3 is 0 Å². The summed E-state index contributed by atoms with van der Waals surface area (Å²) in [4.78, 5) is 13.5. The number of hydrogen-bond acceptors (Lipinski definition) is 5. The number of amides is 1. The highest BCUT2D eigenvalue weighted by atomic mass is 35.5. The van der Waals surface area contributed by atoms with Crippen LogP contribution in [0.1, 0.15) is 24.5 Å². The van der Waals surface area contributed by atoms with Gasteiger partial charge in [-0.15, -0.1) is 0 Å². The van der Waals surface area contributed by atoms with Crippen LogP contribution in [0.25, 0.3) is 0 Å². The van der Waals surface area contributed by atoms with Gasteiger partial charge in [0.1, 0.15) is 28.4 Å². The first-order valence-electron chi connectivity index (χ1n) is 14.9. The molecule has 3 N–H and O–H groups in total. The van der Waals surface area contributed by atoms with Gasteiger partial charge in [0.15, 0.2) is 0 Å². The van der Waals surface area contributed by atoms with Crippen molar-refractivity contribution < 1.29 is 26.4 Å². The Morgan fingerprint density at radius 1 is 0.957 bits per heavy atom. The van der Waals surface area contributed by atoms with Crippen molar-refractivity contribution in [2.75, 3.05) is 23.7 Å². The molecular weight excluding hydrogens is 637 g/mol. The van der Waals surface area contributed by atoms with Crippen molar-refractivity contribution in [2.45, 2.75) is 49.2 Å². The molecule has 0 bridgehead atoms. The average molecular weight is 671 g/mol. The summed E-state index contributed by atoms with van der Waals surface area (Å²) in [5.41, 5.74) is 1.34. The fraction of sp³-hybridized carbons (Fsp3) is 0.265. The summed E-state index contributed by atoms with van der Waals surface area (Å²) in [5.74, 6) is -2.07. The molecule has 242 valence electrons. The molecule has 0 unspecified atom stereocenters. The molecule has 1 amide bonds. The highest BCUT2D eigenvalue weighted by molar-refractivity contribution is 7.89. The summed E-state index contributed by atoms with van der Waals surface area (Å²) in [6.07, 6.45) is 0.449. The van der Waals surface area contributed by atoms with Crippen molar-refractivity contribution in [3.8, 4) is 0 Å². The minimum atomic E-state index is -3.98. The van der Waals surface area contributed by atoms with E-state index < -0.39 is 45.5 Å². The smallest absolute Gasteiger partial charge is 0.247 e. The molecule has 0 saturated carbocycles. The largest absolute Gasteiger partial charge is 0.373 e. The quantitative estimate of drug-likeness (QED) is 0.172. The monoisotopic (exact) mass is 670 g/mol. The maximum Gasteiger partial charge on any atom is 0.247 e. The van der Waals surface area contributed by atoms with Crippen LogP contribution in [0.3, 0.4) is 0 Å². The summed E-state index contributed by atoms with van der Waals surface area (Å²) in [7, 11) is -3.98. The highest BCUT2D eigenvalue weighted by Gasteiger charge is 2.38.